The molecule has 119 heavy (non-hydrogen) atoms. The van der Waals surface area contributed by atoms with E-state index in [9.17, 15) is 69.3 Å². The van der Waals surface area contributed by atoms with Gasteiger partial charge in [0.2, 0.25) is 17.7 Å². The van der Waals surface area contributed by atoms with Crippen molar-refractivity contribution in [1.82, 2.24) is 29.1 Å². The second-order valence-corrected chi connectivity index (χ2v) is 36.8. The number of hydrogen-bond donors (Lipinski definition) is 9. The highest BCUT2D eigenvalue weighted by atomic mass is 79.9. The monoisotopic (exact) mass is 1890 g/mol. The molecular formula is C80H67BrCl8N12O15S3. The molecule has 0 spiro atoms. The Morgan fingerprint density at radius 1 is 0.403 bits per heavy atom. The maximum absolute atomic E-state index is 13.1. The molecule has 0 saturated carbocycles. The van der Waals surface area contributed by atoms with Crippen LogP contribution >= 0.6 is 109 Å². The summed E-state index contributed by atoms with van der Waals surface area (Å²) < 4.78 is 83.5. The number of amides is 6. The number of aryl methyl sites for hydroxylation is 3. The van der Waals surface area contributed by atoms with Crippen molar-refractivity contribution in [2.75, 3.05) is 31.9 Å². The van der Waals surface area contributed by atoms with E-state index < -0.39 is 98.0 Å². The number of halogens is 9. The predicted molar refractivity (Wildman–Crippen MR) is 465 cm³/mol. The van der Waals surface area contributed by atoms with E-state index in [4.69, 9.17) is 92.8 Å². The smallest absolute Gasteiger partial charge is 0.275 e. The highest BCUT2D eigenvalue weighted by Crippen LogP contribution is 2.39. The van der Waals surface area contributed by atoms with Crippen molar-refractivity contribution in [3.8, 4) is 34.3 Å². The van der Waals surface area contributed by atoms with E-state index in [0.29, 0.717) is 46.6 Å². The van der Waals surface area contributed by atoms with Crippen LogP contribution in [-0.4, -0.2) is 121 Å². The average Bonchev–Trinajstić information content (AvgIpc) is 1.62. The van der Waals surface area contributed by atoms with E-state index in [0.717, 1.165) is 34.9 Å². The molecule has 0 aliphatic heterocycles. The van der Waals surface area contributed by atoms with Gasteiger partial charge >= 0.3 is 0 Å². The molecule has 0 aliphatic carbocycles. The fourth-order valence-electron chi connectivity index (χ4n) is 11.3. The summed E-state index contributed by atoms with van der Waals surface area (Å²) in [5.74, 6) is -5.48. The van der Waals surface area contributed by atoms with Crippen LogP contribution in [0.1, 0.15) is 81.5 Å². The number of hydrogen-bond acceptors (Lipinski definition) is 18. The van der Waals surface area contributed by atoms with Crippen molar-refractivity contribution in [1.29, 1.82) is 0 Å². The molecule has 9 N–H and O–H groups in total. The Kier molecular flexibility index (Phi) is 29.5. The number of aromatic nitrogens is 6. The number of sulfone groups is 3. The van der Waals surface area contributed by atoms with Gasteiger partial charge in [-0.05, 0) is 182 Å². The summed E-state index contributed by atoms with van der Waals surface area (Å²) in [5.41, 5.74) is 4.28. The van der Waals surface area contributed by atoms with Crippen molar-refractivity contribution >= 4 is 208 Å². The molecule has 0 fully saturated rings. The van der Waals surface area contributed by atoms with Gasteiger partial charge in [0.1, 0.15) is 45.0 Å². The zero-order valence-electron chi connectivity index (χ0n) is 62.7. The van der Waals surface area contributed by atoms with Crippen LogP contribution in [-0.2, 0) is 43.9 Å². The van der Waals surface area contributed by atoms with Crippen molar-refractivity contribution in [2.45, 2.75) is 84.8 Å². The Bertz CT molecular complexity index is 6100. The normalized spacial score (nSPS) is 12.1. The summed E-state index contributed by atoms with van der Waals surface area (Å²) in [5, 5.41) is 52.4. The summed E-state index contributed by atoms with van der Waals surface area (Å²) in [6, 6.07) is 40.9. The van der Waals surface area contributed by atoms with Crippen LogP contribution < -0.4 is 31.9 Å². The Morgan fingerprint density at radius 2 is 0.765 bits per heavy atom. The highest BCUT2D eigenvalue weighted by molar-refractivity contribution is 9.10. The largest absolute Gasteiger partial charge is 0.506 e. The standard InChI is InChI=1S/C27H23BrCl2N4O5S.C27H23Cl3N4O5S.C26H21Cl3N4O5S/c1-3-25(40(38,39)18-6-4-5-15(2)9-18)27(37)32-22-12-24(35)23(11-21(22)30)33-26(36)16-13-31-34(14-16)17-7-8-19(28)20(29)10-17;1-3-25(40(38,39)17-6-4-5-15(2)9-17)27(37)32-21-12-24(35)22(11-20(21)30)33-26(36)23-13-34(14-31-23)16-7-8-18(28)19(29)10-16;1-14-4-3-5-18(8-14)39(37,38)15(2)25(35)31-22-11-24(34)23(10-21(22)29)32-26(36)16-12-30-33(13-16)17-6-7-19(27)20(28)9-17/h2*4-14,25,35H,3H2,1-2H3,(H,32,37)(H,33,36);3-13,15,34H,1-2H3,(H,31,35)(H,32,36). The lowest BCUT2D eigenvalue weighted by Crippen LogP contribution is -2.34. The third kappa shape index (κ3) is 21.9. The van der Waals surface area contributed by atoms with Gasteiger partial charge in [0.25, 0.3) is 17.7 Å². The fourth-order valence-corrected chi connectivity index (χ4v) is 17.8. The predicted octanol–water partition coefficient (Wildman–Crippen LogP) is 18.6. The zero-order valence-corrected chi connectivity index (χ0v) is 72.8. The second-order valence-electron chi connectivity index (χ2n) is 26.2. The molecule has 3 atom stereocenters. The van der Waals surface area contributed by atoms with Gasteiger partial charge in [-0.2, -0.15) is 10.2 Å². The summed E-state index contributed by atoms with van der Waals surface area (Å²) in [7, 11) is -12.0. The zero-order chi connectivity index (χ0) is 86.9. The van der Waals surface area contributed by atoms with Gasteiger partial charge in [0.15, 0.2) is 29.5 Å². The molecule has 0 saturated heterocycles. The lowest BCUT2D eigenvalue weighted by atomic mass is 10.2. The summed E-state index contributed by atoms with van der Waals surface area (Å²) in [6.45, 7) is 9.68. The molecule has 618 valence electrons. The molecule has 0 radical (unpaired) electrons. The number of phenolic OH excluding ortho intramolecular Hbond substituents is 3. The molecule has 27 nitrogen and oxygen atoms in total. The summed E-state index contributed by atoms with van der Waals surface area (Å²) >= 11 is 52.4. The molecule has 3 aromatic heterocycles. The van der Waals surface area contributed by atoms with Crippen molar-refractivity contribution in [3.63, 3.8) is 0 Å². The first-order valence-electron chi connectivity index (χ1n) is 35.0. The van der Waals surface area contributed by atoms with Gasteiger partial charge in [-0.3, -0.25) is 28.8 Å². The van der Waals surface area contributed by atoms with E-state index >= 15 is 0 Å². The van der Waals surface area contributed by atoms with Gasteiger partial charge < -0.3 is 51.8 Å². The van der Waals surface area contributed by atoms with Gasteiger partial charge in [0.05, 0.1) is 124 Å². The second kappa shape index (κ2) is 38.7. The van der Waals surface area contributed by atoms with Gasteiger partial charge in [-0.1, -0.05) is 143 Å². The van der Waals surface area contributed by atoms with Crippen LogP contribution in [0.2, 0.25) is 40.2 Å². The number of imidazole rings is 1. The quantitative estimate of drug-likeness (QED) is 0.0269. The van der Waals surface area contributed by atoms with Crippen LogP contribution in [0.4, 0.5) is 34.1 Å². The van der Waals surface area contributed by atoms with Crippen LogP contribution in [0.25, 0.3) is 17.1 Å². The minimum Gasteiger partial charge on any atom is -0.506 e. The summed E-state index contributed by atoms with van der Waals surface area (Å²) in [4.78, 5) is 81.3. The topological polar surface area (TPSA) is 391 Å². The van der Waals surface area contributed by atoms with Crippen molar-refractivity contribution in [2.24, 2.45) is 0 Å². The number of carbonyl (C=O) groups is 6. The number of nitrogens with zero attached hydrogens (tertiary/aromatic N) is 6. The Labute approximate surface area is 730 Å². The molecule has 3 heterocycles. The minimum absolute atomic E-state index is 0.00865. The molecule has 6 amide bonds. The molecule has 39 heteroatoms. The molecule has 12 aromatic rings. The molecule has 12 rings (SSSR count). The summed E-state index contributed by atoms with van der Waals surface area (Å²) in [6.07, 6.45) is 8.50. The third-order valence-electron chi connectivity index (χ3n) is 17.7. The number of nitrogens with one attached hydrogen (secondary N) is 6. The molecule has 0 bridgehead atoms. The molecule has 0 aliphatic rings. The number of carbonyl (C=O) groups excluding carboxylic acids is 6. The maximum atomic E-state index is 13.1. The highest BCUT2D eigenvalue weighted by Gasteiger charge is 2.36. The molecule has 9 aromatic carbocycles. The van der Waals surface area contributed by atoms with E-state index in [1.165, 1.54) is 108 Å². The Morgan fingerprint density at radius 3 is 1.15 bits per heavy atom. The van der Waals surface area contributed by atoms with E-state index in [1.54, 1.807) is 130 Å². The number of phenols is 3. The lowest BCUT2D eigenvalue weighted by Gasteiger charge is -2.18. The van der Waals surface area contributed by atoms with E-state index in [-0.39, 0.29) is 93.5 Å². The average molecular weight is 1900 g/mol. The molecule has 3 unspecified atom stereocenters. The Balaban J connectivity index is 0.000000188. The SMILES string of the molecule is CCC(C(=O)Nc1cc(O)c(NC(=O)c2cn(-c3ccc(Cl)c(Cl)c3)cn2)cc1Cl)S(=O)(=O)c1cccc(C)c1.CCC(C(=O)Nc1cc(O)c(NC(=O)c2cnn(-c3ccc(Br)c(Cl)c3)c2)cc1Cl)S(=O)(=O)c1cccc(C)c1.Cc1cccc(S(=O)(=O)C(C)C(=O)Nc2cc(O)c(NC(=O)c3cnn(-c4ccc(Cl)c(Cl)c4)c3)cc2Cl)c1. The first-order chi connectivity index (χ1) is 56.2. The Hall–Kier alpha value is -10.5. The number of rotatable bonds is 23. The third-order valence-corrected chi connectivity index (χ3v) is 27.8. The van der Waals surface area contributed by atoms with Crippen LogP contribution in [0, 0.1) is 20.8 Å². The van der Waals surface area contributed by atoms with E-state index in [2.05, 4.69) is 63.0 Å². The van der Waals surface area contributed by atoms with Crippen LogP contribution in [0.5, 0.6) is 17.2 Å². The van der Waals surface area contributed by atoms with Gasteiger partial charge in [0, 0.05) is 46.9 Å². The van der Waals surface area contributed by atoms with Gasteiger partial charge in [-0.15, -0.1) is 0 Å². The van der Waals surface area contributed by atoms with Gasteiger partial charge in [-0.25, -0.2) is 39.6 Å². The number of aromatic hydroxyl groups is 3. The first kappa shape index (κ1) is 90.8. The van der Waals surface area contributed by atoms with Crippen molar-refractivity contribution in [3.05, 3.63) is 279 Å². The lowest BCUT2D eigenvalue weighted by molar-refractivity contribution is -0.116. The fraction of sp³-hybridized carbons (Fsp3) is 0.138. The van der Waals surface area contributed by atoms with E-state index in [1.807, 2.05) is 0 Å². The van der Waals surface area contributed by atoms with Crippen LogP contribution in [0.3, 0.4) is 0 Å². The minimum atomic E-state index is -3.99. The first-order valence-corrected chi connectivity index (χ1v) is 43.5. The van der Waals surface area contributed by atoms with Crippen LogP contribution in [0.15, 0.2) is 220 Å². The number of anilines is 6. The number of benzene rings is 9. The molecular weight excluding hydrogens is 1830 g/mol. The maximum Gasteiger partial charge on any atom is 0.275 e. The van der Waals surface area contributed by atoms with Crippen molar-refractivity contribution < 1.29 is 69.3 Å².